The lowest BCUT2D eigenvalue weighted by molar-refractivity contribution is -0.125. The Morgan fingerprint density at radius 2 is 1.62 bits per heavy atom. The van der Waals surface area contributed by atoms with Gasteiger partial charge in [0.25, 0.3) is 0 Å². The third-order valence-corrected chi connectivity index (χ3v) is 4.68. The molecule has 0 aliphatic carbocycles. The summed E-state index contributed by atoms with van der Waals surface area (Å²) in [7, 11) is 0. The predicted octanol–water partition coefficient (Wildman–Crippen LogP) is 3.68. The van der Waals surface area contributed by atoms with Crippen LogP contribution < -0.4 is 16.0 Å². The Morgan fingerprint density at radius 3 is 2.28 bits per heavy atom. The van der Waals surface area contributed by atoms with Crippen molar-refractivity contribution in [2.24, 2.45) is 0 Å². The maximum atomic E-state index is 13.2. The molecule has 2 aromatic rings. The summed E-state index contributed by atoms with van der Waals surface area (Å²) in [4.78, 5) is 38.1. The van der Waals surface area contributed by atoms with Crippen LogP contribution in [0, 0.1) is 11.6 Å². The highest BCUT2D eigenvalue weighted by Crippen LogP contribution is 2.25. The molecule has 172 valence electrons. The summed E-state index contributed by atoms with van der Waals surface area (Å²) in [5.41, 5.74) is 0.462. The fourth-order valence-corrected chi connectivity index (χ4v) is 3.19. The number of halogens is 4. The molecule has 0 spiro atoms. The quantitative estimate of drug-likeness (QED) is 0.477. The molecule has 32 heavy (non-hydrogen) atoms. The number of amides is 3. The molecule has 2 aromatic carbocycles. The Morgan fingerprint density at radius 1 is 0.906 bits per heavy atom. The first-order valence-corrected chi connectivity index (χ1v) is 10.4. The van der Waals surface area contributed by atoms with Crippen molar-refractivity contribution >= 4 is 52.3 Å². The molecule has 11 heteroatoms. The second-order valence-electron chi connectivity index (χ2n) is 6.84. The van der Waals surface area contributed by atoms with Gasteiger partial charge in [-0.25, -0.2) is 8.78 Å². The van der Waals surface area contributed by atoms with Crippen LogP contribution in [0.5, 0.6) is 0 Å². The van der Waals surface area contributed by atoms with Gasteiger partial charge in [-0.1, -0.05) is 30.1 Å². The highest BCUT2D eigenvalue weighted by Gasteiger charge is 2.16. The number of hydrogen-bond donors (Lipinski definition) is 3. The zero-order valence-electron chi connectivity index (χ0n) is 17.2. The van der Waals surface area contributed by atoms with Gasteiger partial charge in [-0.3, -0.25) is 19.3 Å². The van der Waals surface area contributed by atoms with E-state index in [9.17, 15) is 23.2 Å². The lowest BCUT2D eigenvalue weighted by atomic mass is 10.3. The third kappa shape index (κ3) is 8.41. The Hall–Kier alpha value is -2.75. The standard InChI is InChI=1S/C21H22Cl2F2N4O3/c1-2-7-29(12-21(32)28-18-6-3-13(22)8-15(18)23)11-20(31)26-10-19(30)27-14-4-5-16(24)17(25)9-14/h3-6,8-9H,2,7,10-12H2,1H3,(H,26,31)(H,27,30)(H,28,32). The molecule has 2 rings (SSSR count). The summed E-state index contributed by atoms with van der Waals surface area (Å²) in [5, 5.41) is 8.17. The fourth-order valence-electron chi connectivity index (χ4n) is 2.73. The number of rotatable bonds is 10. The Bertz CT molecular complexity index is 992. The van der Waals surface area contributed by atoms with Gasteiger partial charge in [0.2, 0.25) is 17.7 Å². The minimum atomic E-state index is -1.10. The normalized spacial score (nSPS) is 10.7. The third-order valence-electron chi connectivity index (χ3n) is 4.13. The molecule has 3 N–H and O–H groups in total. The van der Waals surface area contributed by atoms with Crippen LogP contribution in [0.2, 0.25) is 10.0 Å². The maximum absolute atomic E-state index is 13.2. The maximum Gasteiger partial charge on any atom is 0.243 e. The number of anilines is 2. The minimum Gasteiger partial charge on any atom is -0.346 e. The molecule has 0 fully saturated rings. The van der Waals surface area contributed by atoms with E-state index in [1.807, 2.05) is 6.92 Å². The predicted molar refractivity (Wildman–Crippen MR) is 120 cm³/mol. The Kier molecular flexibility index (Phi) is 9.83. The largest absolute Gasteiger partial charge is 0.346 e. The highest BCUT2D eigenvalue weighted by molar-refractivity contribution is 6.36. The van der Waals surface area contributed by atoms with Crippen LogP contribution >= 0.6 is 23.2 Å². The van der Waals surface area contributed by atoms with Crippen LogP contribution in [0.3, 0.4) is 0 Å². The van der Waals surface area contributed by atoms with Gasteiger partial charge in [0.05, 0.1) is 30.3 Å². The molecule has 0 aliphatic rings. The van der Waals surface area contributed by atoms with Crippen molar-refractivity contribution in [2.75, 3.05) is 36.8 Å². The number of nitrogens with one attached hydrogen (secondary N) is 3. The van der Waals surface area contributed by atoms with Crippen LogP contribution in [0.15, 0.2) is 36.4 Å². The van der Waals surface area contributed by atoms with Crippen molar-refractivity contribution < 1.29 is 23.2 Å². The van der Waals surface area contributed by atoms with E-state index >= 15 is 0 Å². The molecule has 0 saturated heterocycles. The zero-order valence-corrected chi connectivity index (χ0v) is 18.7. The average Bonchev–Trinajstić information content (AvgIpc) is 2.71. The van der Waals surface area contributed by atoms with Gasteiger partial charge in [-0.05, 0) is 43.3 Å². The number of carbonyl (C=O) groups is 3. The second kappa shape index (κ2) is 12.3. The van der Waals surface area contributed by atoms with Crippen LogP contribution in [-0.4, -0.2) is 48.8 Å². The molecule has 3 amide bonds. The molecule has 0 heterocycles. The van der Waals surface area contributed by atoms with Crippen molar-refractivity contribution in [3.63, 3.8) is 0 Å². The monoisotopic (exact) mass is 486 g/mol. The lowest BCUT2D eigenvalue weighted by Crippen LogP contribution is -2.43. The summed E-state index contributed by atoms with van der Waals surface area (Å²) >= 11 is 11.9. The number of benzene rings is 2. The molecule has 0 atom stereocenters. The Labute approximate surface area is 194 Å². The first-order valence-electron chi connectivity index (χ1n) is 9.66. The molecule has 7 nitrogen and oxygen atoms in total. The van der Waals surface area contributed by atoms with Gasteiger partial charge in [0, 0.05) is 16.8 Å². The molecular formula is C21H22Cl2F2N4O3. The van der Waals surface area contributed by atoms with E-state index in [1.54, 1.807) is 17.0 Å². The van der Waals surface area contributed by atoms with Crippen LogP contribution in [0.4, 0.5) is 20.2 Å². The highest BCUT2D eigenvalue weighted by atomic mass is 35.5. The first kappa shape index (κ1) is 25.5. The van der Waals surface area contributed by atoms with Gasteiger partial charge in [0.1, 0.15) is 0 Å². The van der Waals surface area contributed by atoms with Gasteiger partial charge < -0.3 is 16.0 Å². The number of hydrogen-bond acceptors (Lipinski definition) is 4. The van der Waals surface area contributed by atoms with Gasteiger partial charge in [0.15, 0.2) is 11.6 Å². The van der Waals surface area contributed by atoms with E-state index in [0.717, 1.165) is 12.1 Å². The number of nitrogens with zero attached hydrogens (tertiary/aromatic N) is 1. The average molecular weight is 487 g/mol. The molecule has 0 aromatic heterocycles. The molecule has 0 radical (unpaired) electrons. The summed E-state index contributed by atoms with van der Waals surface area (Å²) in [5.74, 6) is -3.58. The van der Waals surface area contributed by atoms with Gasteiger partial charge in [-0.2, -0.15) is 0 Å². The van der Waals surface area contributed by atoms with Crippen molar-refractivity contribution in [2.45, 2.75) is 13.3 Å². The summed E-state index contributed by atoms with van der Waals surface area (Å²) in [6.07, 6.45) is 0.693. The van der Waals surface area contributed by atoms with Crippen molar-refractivity contribution in [1.82, 2.24) is 10.2 Å². The van der Waals surface area contributed by atoms with E-state index in [0.29, 0.717) is 23.7 Å². The lowest BCUT2D eigenvalue weighted by Gasteiger charge is -2.20. The van der Waals surface area contributed by atoms with Crippen LogP contribution in [0.1, 0.15) is 13.3 Å². The smallest absolute Gasteiger partial charge is 0.243 e. The van der Waals surface area contributed by atoms with E-state index in [4.69, 9.17) is 23.2 Å². The van der Waals surface area contributed by atoms with Gasteiger partial charge in [-0.15, -0.1) is 0 Å². The van der Waals surface area contributed by atoms with E-state index < -0.39 is 23.4 Å². The van der Waals surface area contributed by atoms with E-state index in [2.05, 4.69) is 16.0 Å². The second-order valence-corrected chi connectivity index (χ2v) is 7.68. The molecule has 0 saturated carbocycles. The molecule has 0 aliphatic heterocycles. The summed E-state index contributed by atoms with van der Waals surface area (Å²) in [6.45, 7) is 1.81. The van der Waals surface area contributed by atoms with E-state index in [1.165, 1.54) is 12.1 Å². The minimum absolute atomic E-state index is 0.0632. The number of carbonyl (C=O) groups excluding carboxylic acids is 3. The van der Waals surface area contributed by atoms with E-state index in [-0.39, 0.29) is 36.3 Å². The van der Waals surface area contributed by atoms with Crippen LogP contribution in [0.25, 0.3) is 0 Å². The van der Waals surface area contributed by atoms with Crippen molar-refractivity contribution in [3.05, 3.63) is 58.1 Å². The summed E-state index contributed by atoms with van der Waals surface area (Å²) in [6, 6.07) is 7.59. The molecule has 0 unspecified atom stereocenters. The fraction of sp³-hybridized carbons (Fsp3) is 0.286. The SMILES string of the molecule is CCCN(CC(=O)NCC(=O)Nc1ccc(F)c(F)c1)CC(=O)Nc1ccc(Cl)cc1Cl. The van der Waals surface area contributed by atoms with Gasteiger partial charge >= 0.3 is 0 Å². The summed E-state index contributed by atoms with van der Waals surface area (Å²) < 4.78 is 26.1. The Balaban J connectivity index is 1.82. The zero-order chi connectivity index (χ0) is 23.7. The van der Waals surface area contributed by atoms with Crippen LogP contribution in [-0.2, 0) is 14.4 Å². The molecular weight excluding hydrogens is 465 g/mol. The first-order chi connectivity index (χ1) is 15.2. The molecule has 0 bridgehead atoms. The topological polar surface area (TPSA) is 90.5 Å². The van der Waals surface area contributed by atoms with Crippen molar-refractivity contribution in [3.8, 4) is 0 Å². The van der Waals surface area contributed by atoms with Crippen molar-refractivity contribution in [1.29, 1.82) is 0 Å².